The average Bonchev–Trinajstić information content (AvgIpc) is 2.92. The zero-order valence-corrected chi connectivity index (χ0v) is 23.5. The standard InChI is InChI=1S/C30H31F2NO8/c1-16(9-25(35)28-29(41-18(3)34)26(39-6)7-8-33-28)30(36)40-17(2)27(19-10-21(31)14-23(12-19)37-4)20-11-22(32)15-24(13-20)38-5/h7-8,10-17,27H,9H2,1-6H3/t16-,17+/m1/s1. The maximum Gasteiger partial charge on any atom is 0.309 e. The molecule has 0 saturated heterocycles. The van der Waals surface area contributed by atoms with Gasteiger partial charge < -0.3 is 23.7 Å². The second kappa shape index (κ2) is 13.7. The lowest BCUT2D eigenvalue weighted by Crippen LogP contribution is -2.28. The molecule has 0 aliphatic carbocycles. The molecule has 218 valence electrons. The summed E-state index contributed by atoms with van der Waals surface area (Å²) in [5.41, 5.74) is 0.555. The van der Waals surface area contributed by atoms with Crippen LogP contribution in [0.3, 0.4) is 0 Å². The summed E-state index contributed by atoms with van der Waals surface area (Å²) in [4.78, 5) is 41.8. The minimum Gasteiger partial charge on any atom is -0.497 e. The number of ketones is 1. The summed E-state index contributed by atoms with van der Waals surface area (Å²) in [6.07, 6.45) is 0.0474. The molecule has 1 heterocycles. The Morgan fingerprint density at radius 2 is 1.41 bits per heavy atom. The minimum absolute atomic E-state index is 0.126. The van der Waals surface area contributed by atoms with Gasteiger partial charge in [0.15, 0.2) is 17.2 Å². The smallest absolute Gasteiger partial charge is 0.309 e. The third-order valence-corrected chi connectivity index (χ3v) is 6.24. The van der Waals surface area contributed by atoms with Crippen LogP contribution in [-0.4, -0.2) is 50.1 Å². The van der Waals surface area contributed by atoms with E-state index < -0.39 is 47.3 Å². The topological polar surface area (TPSA) is 110 Å². The number of nitrogens with zero attached hydrogens (tertiary/aromatic N) is 1. The lowest BCUT2D eigenvalue weighted by molar-refractivity contribution is -0.153. The Kier molecular flexibility index (Phi) is 10.3. The highest BCUT2D eigenvalue weighted by atomic mass is 19.1. The molecule has 0 amide bonds. The molecule has 0 fully saturated rings. The normalized spacial score (nSPS) is 12.3. The maximum atomic E-state index is 14.5. The number of benzene rings is 2. The zero-order chi connectivity index (χ0) is 30.3. The summed E-state index contributed by atoms with van der Waals surface area (Å²) in [6.45, 7) is 4.24. The predicted octanol–water partition coefficient (Wildman–Crippen LogP) is 5.28. The Balaban J connectivity index is 1.89. The van der Waals surface area contributed by atoms with E-state index in [1.54, 1.807) is 19.1 Å². The Labute approximate surface area is 236 Å². The summed E-state index contributed by atoms with van der Waals surface area (Å²) in [7, 11) is 4.10. The Morgan fingerprint density at radius 3 is 1.90 bits per heavy atom. The Bertz CT molecular complexity index is 1370. The quantitative estimate of drug-likeness (QED) is 0.212. The van der Waals surface area contributed by atoms with E-state index in [0.717, 1.165) is 0 Å². The first-order valence-corrected chi connectivity index (χ1v) is 12.6. The molecule has 0 radical (unpaired) electrons. The SMILES string of the molecule is COc1cc(F)cc(C(c2cc(F)cc(OC)c2)[C@H](C)OC(=O)[C@H](C)CC(=O)c2nccc(OC)c2OC(C)=O)c1. The maximum absolute atomic E-state index is 14.5. The van der Waals surface area contributed by atoms with Crippen molar-refractivity contribution in [2.45, 2.75) is 39.2 Å². The van der Waals surface area contributed by atoms with Crippen LogP contribution in [0.4, 0.5) is 8.78 Å². The van der Waals surface area contributed by atoms with E-state index >= 15 is 0 Å². The first-order chi connectivity index (χ1) is 19.5. The molecule has 11 heteroatoms. The summed E-state index contributed by atoms with van der Waals surface area (Å²) >= 11 is 0. The number of hydrogen-bond acceptors (Lipinski definition) is 9. The number of pyridine rings is 1. The van der Waals surface area contributed by atoms with Crippen LogP contribution in [0.1, 0.15) is 54.7 Å². The van der Waals surface area contributed by atoms with E-state index in [2.05, 4.69) is 4.98 Å². The Morgan fingerprint density at radius 1 is 0.854 bits per heavy atom. The van der Waals surface area contributed by atoms with Gasteiger partial charge in [-0.25, -0.2) is 13.8 Å². The van der Waals surface area contributed by atoms with E-state index in [1.165, 1.54) is 71.7 Å². The number of ether oxygens (including phenoxy) is 5. The number of hydrogen-bond donors (Lipinski definition) is 0. The molecule has 2 atom stereocenters. The molecule has 0 N–H and O–H groups in total. The molecular weight excluding hydrogens is 540 g/mol. The number of esters is 2. The van der Waals surface area contributed by atoms with Crippen LogP contribution in [0.15, 0.2) is 48.7 Å². The number of rotatable bonds is 12. The van der Waals surface area contributed by atoms with Crippen molar-refractivity contribution in [1.29, 1.82) is 0 Å². The monoisotopic (exact) mass is 571 g/mol. The van der Waals surface area contributed by atoms with E-state index in [9.17, 15) is 23.2 Å². The number of methoxy groups -OCH3 is 3. The van der Waals surface area contributed by atoms with Crippen molar-refractivity contribution >= 4 is 17.7 Å². The van der Waals surface area contributed by atoms with Crippen molar-refractivity contribution in [3.05, 3.63) is 77.1 Å². The highest BCUT2D eigenvalue weighted by molar-refractivity contribution is 5.99. The van der Waals surface area contributed by atoms with Crippen molar-refractivity contribution in [1.82, 2.24) is 4.98 Å². The van der Waals surface area contributed by atoms with E-state index in [4.69, 9.17) is 23.7 Å². The van der Waals surface area contributed by atoms with Crippen molar-refractivity contribution in [3.8, 4) is 23.0 Å². The highest BCUT2D eigenvalue weighted by Gasteiger charge is 2.30. The molecule has 9 nitrogen and oxygen atoms in total. The molecule has 3 aromatic rings. The molecule has 3 rings (SSSR count). The Hall–Kier alpha value is -4.54. The molecule has 0 unspecified atom stereocenters. The number of Topliss-reactive ketones (excluding diaryl/α,β-unsaturated/α-hetero) is 1. The first-order valence-electron chi connectivity index (χ1n) is 12.6. The lowest BCUT2D eigenvalue weighted by Gasteiger charge is -2.27. The molecule has 0 aliphatic rings. The third kappa shape index (κ3) is 7.77. The van der Waals surface area contributed by atoms with Gasteiger partial charge in [0.25, 0.3) is 0 Å². The van der Waals surface area contributed by atoms with Gasteiger partial charge in [0.1, 0.15) is 29.2 Å². The average molecular weight is 572 g/mol. The van der Waals surface area contributed by atoms with Gasteiger partial charge in [0, 0.05) is 43.7 Å². The summed E-state index contributed by atoms with van der Waals surface area (Å²) in [5, 5.41) is 0. The fourth-order valence-corrected chi connectivity index (χ4v) is 4.36. The number of carbonyl (C=O) groups excluding carboxylic acids is 3. The summed E-state index contributed by atoms with van der Waals surface area (Å²) in [6, 6.07) is 9.42. The number of aromatic nitrogens is 1. The fraction of sp³-hybridized carbons (Fsp3) is 0.333. The zero-order valence-electron chi connectivity index (χ0n) is 23.5. The van der Waals surface area contributed by atoms with Gasteiger partial charge in [-0.1, -0.05) is 6.92 Å². The van der Waals surface area contributed by atoms with Gasteiger partial charge in [-0.05, 0) is 42.3 Å². The molecule has 0 spiro atoms. The van der Waals surface area contributed by atoms with Gasteiger partial charge >= 0.3 is 11.9 Å². The van der Waals surface area contributed by atoms with E-state index in [-0.39, 0.29) is 35.1 Å². The van der Waals surface area contributed by atoms with Crippen LogP contribution in [-0.2, 0) is 14.3 Å². The van der Waals surface area contributed by atoms with Crippen molar-refractivity contribution < 1.29 is 46.8 Å². The van der Waals surface area contributed by atoms with Crippen molar-refractivity contribution in [2.24, 2.45) is 5.92 Å². The molecule has 0 aliphatic heterocycles. The van der Waals surface area contributed by atoms with Gasteiger partial charge in [-0.2, -0.15) is 0 Å². The van der Waals surface area contributed by atoms with E-state index in [0.29, 0.717) is 11.1 Å². The molecule has 1 aromatic heterocycles. The lowest BCUT2D eigenvalue weighted by atomic mass is 9.86. The van der Waals surface area contributed by atoms with Crippen LogP contribution in [0.2, 0.25) is 0 Å². The van der Waals surface area contributed by atoms with Gasteiger partial charge in [0.2, 0.25) is 5.75 Å². The minimum atomic E-state index is -0.951. The molecule has 0 bridgehead atoms. The van der Waals surface area contributed by atoms with Crippen LogP contribution in [0.5, 0.6) is 23.0 Å². The summed E-state index contributed by atoms with van der Waals surface area (Å²) < 4.78 is 55.4. The summed E-state index contributed by atoms with van der Waals surface area (Å²) in [5.74, 6) is -4.55. The second-order valence-electron chi connectivity index (χ2n) is 9.28. The van der Waals surface area contributed by atoms with Crippen molar-refractivity contribution in [3.63, 3.8) is 0 Å². The van der Waals surface area contributed by atoms with Crippen LogP contribution >= 0.6 is 0 Å². The molecule has 0 saturated carbocycles. The fourth-order valence-electron chi connectivity index (χ4n) is 4.36. The van der Waals surface area contributed by atoms with E-state index in [1.807, 2.05) is 0 Å². The van der Waals surface area contributed by atoms with Crippen LogP contribution in [0.25, 0.3) is 0 Å². The van der Waals surface area contributed by atoms with Crippen LogP contribution < -0.4 is 18.9 Å². The molecule has 41 heavy (non-hydrogen) atoms. The molecular formula is C30H31F2NO8. The highest BCUT2D eigenvalue weighted by Crippen LogP contribution is 2.36. The van der Waals surface area contributed by atoms with Gasteiger partial charge in [-0.15, -0.1) is 0 Å². The van der Waals surface area contributed by atoms with Crippen LogP contribution in [0, 0.1) is 17.6 Å². The molecule has 2 aromatic carbocycles. The second-order valence-corrected chi connectivity index (χ2v) is 9.28. The largest absolute Gasteiger partial charge is 0.497 e. The van der Waals surface area contributed by atoms with Crippen molar-refractivity contribution in [2.75, 3.05) is 21.3 Å². The third-order valence-electron chi connectivity index (χ3n) is 6.24. The number of carbonyl (C=O) groups is 3. The van der Waals surface area contributed by atoms with Gasteiger partial charge in [-0.3, -0.25) is 14.4 Å². The first kappa shape index (κ1) is 31.0. The number of halogens is 2. The predicted molar refractivity (Wildman–Crippen MR) is 144 cm³/mol. The van der Waals surface area contributed by atoms with Gasteiger partial charge in [0.05, 0.1) is 27.2 Å².